The van der Waals surface area contributed by atoms with Crippen LogP contribution in [0.5, 0.6) is 0 Å². The zero-order valence-corrected chi connectivity index (χ0v) is 10.9. The second-order valence-electron chi connectivity index (χ2n) is 5.38. The molecule has 0 unspecified atom stereocenters. The summed E-state index contributed by atoms with van der Waals surface area (Å²) in [5.74, 6) is -0.682. The highest BCUT2D eigenvalue weighted by atomic mass is 16.5. The lowest BCUT2D eigenvalue weighted by atomic mass is 9.81. The number of likely N-dealkylation sites (tertiary alicyclic amines) is 1. The standard InChI is InChI=1S/C13H21NO4/c1-2-6-18-8-11(15)14-7-10-4-3-5-13(10,9-14)12(16)17/h10H,2-9H2,1H3,(H,16,17)/t10-,13+/m0/s1. The number of carbonyl (C=O) groups excluding carboxylic acids is 1. The smallest absolute Gasteiger partial charge is 0.311 e. The molecule has 1 aliphatic carbocycles. The van der Waals surface area contributed by atoms with Crippen molar-refractivity contribution in [3.8, 4) is 0 Å². The minimum atomic E-state index is -0.741. The number of fused-ring (bicyclic) bond motifs is 1. The number of aliphatic carboxylic acids is 1. The fourth-order valence-electron chi connectivity index (χ4n) is 3.22. The van der Waals surface area contributed by atoms with Crippen LogP contribution < -0.4 is 0 Å². The first-order valence-electron chi connectivity index (χ1n) is 6.69. The van der Waals surface area contributed by atoms with Gasteiger partial charge in [0.2, 0.25) is 5.91 Å². The van der Waals surface area contributed by atoms with Crippen molar-refractivity contribution in [3.63, 3.8) is 0 Å². The Hall–Kier alpha value is -1.10. The van der Waals surface area contributed by atoms with E-state index < -0.39 is 11.4 Å². The van der Waals surface area contributed by atoms with Gasteiger partial charge in [0.05, 0.1) is 5.41 Å². The molecule has 5 nitrogen and oxygen atoms in total. The summed E-state index contributed by atoms with van der Waals surface area (Å²) in [5.41, 5.74) is -0.680. The van der Waals surface area contributed by atoms with Crippen molar-refractivity contribution in [1.82, 2.24) is 4.90 Å². The van der Waals surface area contributed by atoms with Crippen molar-refractivity contribution in [2.75, 3.05) is 26.3 Å². The molecule has 0 bridgehead atoms. The van der Waals surface area contributed by atoms with E-state index in [1.165, 1.54) is 0 Å². The fraction of sp³-hybridized carbons (Fsp3) is 0.846. The molecular weight excluding hydrogens is 234 g/mol. The van der Waals surface area contributed by atoms with Gasteiger partial charge in [-0.15, -0.1) is 0 Å². The molecule has 1 saturated heterocycles. The molecule has 0 aromatic rings. The number of nitrogens with zero attached hydrogens (tertiary/aromatic N) is 1. The molecule has 0 spiro atoms. The minimum absolute atomic E-state index is 0.0709. The Kier molecular flexibility index (Phi) is 3.90. The molecule has 1 amide bonds. The average molecular weight is 255 g/mol. The van der Waals surface area contributed by atoms with Crippen molar-refractivity contribution < 1.29 is 19.4 Å². The van der Waals surface area contributed by atoms with E-state index in [-0.39, 0.29) is 18.4 Å². The van der Waals surface area contributed by atoms with Gasteiger partial charge >= 0.3 is 5.97 Å². The van der Waals surface area contributed by atoms with Gasteiger partial charge in [0.15, 0.2) is 0 Å². The van der Waals surface area contributed by atoms with Gasteiger partial charge in [0, 0.05) is 19.7 Å². The summed E-state index contributed by atoms with van der Waals surface area (Å²) >= 11 is 0. The number of hydrogen-bond acceptors (Lipinski definition) is 3. The summed E-state index contributed by atoms with van der Waals surface area (Å²) < 4.78 is 5.23. The van der Waals surface area contributed by atoms with Crippen LogP contribution in [0.1, 0.15) is 32.6 Å². The Bertz CT molecular complexity index is 344. The van der Waals surface area contributed by atoms with Gasteiger partial charge in [-0.25, -0.2) is 0 Å². The lowest BCUT2D eigenvalue weighted by Crippen LogP contribution is -2.38. The van der Waals surface area contributed by atoms with Crippen molar-refractivity contribution in [3.05, 3.63) is 0 Å². The maximum Gasteiger partial charge on any atom is 0.311 e. The number of hydrogen-bond donors (Lipinski definition) is 1. The van der Waals surface area contributed by atoms with Crippen molar-refractivity contribution in [1.29, 1.82) is 0 Å². The predicted octanol–water partition coefficient (Wildman–Crippen LogP) is 1.13. The summed E-state index contributed by atoms with van der Waals surface area (Å²) in [4.78, 5) is 25.1. The molecule has 5 heteroatoms. The molecule has 18 heavy (non-hydrogen) atoms. The first kappa shape index (κ1) is 13.3. The van der Waals surface area contributed by atoms with E-state index in [2.05, 4.69) is 0 Å². The first-order chi connectivity index (χ1) is 8.60. The SMILES string of the molecule is CCCOCC(=O)N1C[C@@H]2CCC[C@@]2(C(=O)O)C1. The highest BCUT2D eigenvalue weighted by Gasteiger charge is 2.55. The molecule has 0 radical (unpaired) electrons. The van der Waals surface area contributed by atoms with Crippen LogP contribution in [0.3, 0.4) is 0 Å². The van der Waals surface area contributed by atoms with Crippen molar-refractivity contribution in [2.24, 2.45) is 11.3 Å². The summed E-state index contributed by atoms with van der Waals surface area (Å²) in [6.07, 6.45) is 3.47. The van der Waals surface area contributed by atoms with E-state index in [0.29, 0.717) is 26.1 Å². The van der Waals surface area contributed by atoms with Gasteiger partial charge in [0.1, 0.15) is 6.61 Å². The Morgan fingerprint density at radius 1 is 1.50 bits per heavy atom. The third-order valence-corrected chi connectivity index (χ3v) is 4.22. The Morgan fingerprint density at radius 2 is 2.28 bits per heavy atom. The summed E-state index contributed by atoms with van der Waals surface area (Å²) in [6.45, 7) is 3.59. The third-order valence-electron chi connectivity index (χ3n) is 4.22. The fourth-order valence-corrected chi connectivity index (χ4v) is 3.22. The van der Waals surface area contributed by atoms with Crippen LogP contribution in [0.25, 0.3) is 0 Å². The van der Waals surface area contributed by atoms with E-state index in [1.807, 2.05) is 6.92 Å². The van der Waals surface area contributed by atoms with Crippen LogP contribution in [-0.2, 0) is 14.3 Å². The van der Waals surface area contributed by atoms with Crippen LogP contribution >= 0.6 is 0 Å². The molecule has 2 atom stereocenters. The lowest BCUT2D eigenvalue weighted by molar-refractivity contribution is -0.149. The second-order valence-corrected chi connectivity index (χ2v) is 5.38. The van der Waals surface area contributed by atoms with Crippen molar-refractivity contribution >= 4 is 11.9 Å². The normalized spacial score (nSPS) is 30.5. The van der Waals surface area contributed by atoms with Crippen LogP contribution in [0, 0.1) is 11.3 Å². The summed E-state index contributed by atoms with van der Waals surface area (Å²) in [6, 6.07) is 0. The maximum absolute atomic E-state index is 11.9. The predicted molar refractivity (Wildman–Crippen MR) is 65.1 cm³/mol. The molecule has 1 N–H and O–H groups in total. The molecule has 2 aliphatic rings. The average Bonchev–Trinajstić information content (AvgIpc) is 2.85. The summed E-state index contributed by atoms with van der Waals surface area (Å²) in [5, 5.41) is 9.42. The molecule has 102 valence electrons. The summed E-state index contributed by atoms with van der Waals surface area (Å²) in [7, 11) is 0. The number of carboxylic acid groups (broad SMARTS) is 1. The molecular formula is C13H21NO4. The van der Waals surface area contributed by atoms with E-state index in [1.54, 1.807) is 4.90 Å². The van der Waals surface area contributed by atoms with Gasteiger partial charge in [-0.05, 0) is 25.2 Å². The molecule has 2 fully saturated rings. The zero-order valence-electron chi connectivity index (χ0n) is 10.9. The largest absolute Gasteiger partial charge is 0.481 e. The quantitative estimate of drug-likeness (QED) is 0.748. The molecule has 2 rings (SSSR count). The van der Waals surface area contributed by atoms with E-state index in [4.69, 9.17) is 4.74 Å². The first-order valence-corrected chi connectivity index (χ1v) is 6.69. The van der Waals surface area contributed by atoms with Gasteiger partial charge in [0.25, 0.3) is 0 Å². The lowest BCUT2D eigenvalue weighted by Gasteiger charge is -2.23. The van der Waals surface area contributed by atoms with Gasteiger partial charge in [-0.2, -0.15) is 0 Å². The Morgan fingerprint density at radius 3 is 2.89 bits per heavy atom. The number of carboxylic acids is 1. The van der Waals surface area contributed by atoms with E-state index in [0.717, 1.165) is 19.3 Å². The molecule has 1 aliphatic heterocycles. The number of carbonyl (C=O) groups is 2. The highest BCUT2D eigenvalue weighted by Crippen LogP contribution is 2.48. The van der Waals surface area contributed by atoms with Crippen molar-refractivity contribution in [2.45, 2.75) is 32.6 Å². The molecule has 1 saturated carbocycles. The molecule has 0 aromatic heterocycles. The highest BCUT2D eigenvalue weighted by molar-refractivity contribution is 5.82. The van der Waals surface area contributed by atoms with Gasteiger partial charge < -0.3 is 14.7 Å². The zero-order chi connectivity index (χ0) is 13.2. The van der Waals surface area contributed by atoms with Crippen LogP contribution in [0.15, 0.2) is 0 Å². The van der Waals surface area contributed by atoms with Gasteiger partial charge in [-0.1, -0.05) is 13.3 Å². The second kappa shape index (κ2) is 5.26. The monoisotopic (exact) mass is 255 g/mol. The van der Waals surface area contributed by atoms with E-state index in [9.17, 15) is 14.7 Å². The molecule has 0 aromatic carbocycles. The Balaban J connectivity index is 1.95. The van der Waals surface area contributed by atoms with Crippen LogP contribution in [0.4, 0.5) is 0 Å². The topological polar surface area (TPSA) is 66.8 Å². The van der Waals surface area contributed by atoms with Gasteiger partial charge in [-0.3, -0.25) is 9.59 Å². The van der Waals surface area contributed by atoms with Crippen LogP contribution in [0.2, 0.25) is 0 Å². The van der Waals surface area contributed by atoms with E-state index >= 15 is 0 Å². The molecule has 1 heterocycles. The number of ether oxygens (including phenoxy) is 1. The maximum atomic E-state index is 11.9. The number of amides is 1. The number of rotatable bonds is 5. The van der Waals surface area contributed by atoms with Crippen LogP contribution in [-0.4, -0.2) is 48.2 Å². The minimum Gasteiger partial charge on any atom is -0.481 e. The Labute approximate surface area is 107 Å². The third kappa shape index (κ3) is 2.23.